The van der Waals surface area contributed by atoms with Crippen molar-refractivity contribution in [2.45, 2.75) is 57.4 Å². The van der Waals surface area contributed by atoms with Crippen molar-refractivity contribution in [2.75, 3.05) is 6.54 Å². The summed E-state index contributed by atoms with van der Waals surface area (Å²) < 4.78 is 24.9. The van der Waals surface area contributed by atoms with Crippen molar-refractivity contribution in [2.24, 2.45) is 5.14 Å². The van der Waals surface area contributed by atoms with Crippen molar-refractivity contribution in [3.63, 3.8) is 0 Å². The molecule has 3 rings (SSSR count). The van der Waals surface area contributed by atoms with Crippen LogP contribution < -0.4 is 15.0 Å². The number of pyridine rings is 1. The molecule has 0 saturated heterocycles. The van der Waals surface area contributed by atoms with Gasteiger partial charge in [0.2, 0.25) is 16.6 Å². The van der Waals surface area contributed by atoms with E-state index in [4.69, 9.17) is 5.14 Å². The highest BCUT2D eigenvalue weighted by molar-refractivity contribution is 7.89. The molecule has 0 atom stereocenters. The average Bonchev–Trinajstić information content (AvgIpc) is 2.79. The molecule has 0 unspecified atom stereocenters. The highest BCUT2D eigenvalue weighted by Crippen LogP contribution is 2.25. The second-order valence-corrected chi connectivity index (χ2v) is 10.7. The van der Waals surface area contributed by atoms with Crippen molar-refractivity contribution >= 4 is 15.9 Å². The Kier molecular flexibility index (Phi) is 8.23. The number of carbonyl (C=O) groups excluding carboxylic acids is 1. The highest BCUT2D eigenvalue weighted by atomic mass is 32.2. The van der Waals surface area contributed by atoms with E-state index in [-0.39, 0.29) is 29.2 Å². The number of primary sulfonamides is 1. The first-order valence-electron chi connectivity index (χ1n) is 11.6. The smallest absolute Gasteiger partial charge is 0.286 e. The zero-order valence-corrected chi connectivity index (χ0v) is 21.1. The fourth-order valence-corrected chi connectivity index (χ4v) is 4.51. The molecule has 0 saturated carbocycles. The van der Waals surface area contributed by atoms with Gasteiger partial charge in [-0.1, -0.05) is 70.2 Å². The average molecular weight is 481 g/mol. The van der Waals surface area contributed by atoms with Gasteiger partial charge in [0.25, 0.3) is 5.91 Å². The molecule has 0 aliphatic heterocycles. The van der Waals surface area contributed by atoms with E-state index in [1.54, 1.807) is 12.1 Å². The molecule has 2 aromatic carbocycles. The lowest BCUT2D eigenvalue weighted by Gasteiger charge is -2.16. The molecule has 0 bridgehead atoms. The summed E-state index contributed by atoms with van der Waals surface area (Å²) in [6, 6.07) is 21.1. The molecular formula is C27H34N3O3S+. The zero-order chi connectivity index (χ0) is 24.9. The molecule has 6 nitrogen and oxygen atoms in total. The van der Waals surface area contributed by atoms with Crippen molar-refractivity contribution in [1.82, 2.24) is 5.32 Å². The van der Waals surface area contributed by atoms with Gasteiger partial charge in [0, 0.05) is 30.5 Å². The number of nitrogens with zero attached hydrogens (tertiary/aromatic N) is 1. The molecular weight excluding hydrogens is 446 g/mol. The van der Waals surface area contributed by atoms with E-state index in [1.807, 2.05) is 18.2 Å². The van der Waals surface area contributed by atoms with Gasteiger partial charge in [-0.25, -0.2) is 13.6 Å². The molecule has 0 aliphatic carbocycles. The van der Waals surface area contributed by atoms with E-state index < -0.39 is 10.0 Å². The molecule has 0 fully saturated rings. The summed E-state index contributed by atoms with van der Waals surface area (Å²) in [4.78, 5) is 12.9. The van der Waals surface area contributed by atoms with E-state index in [0.29, 0.717) is 13.0 Å². The topological polar surface area (TPSA) is 93.1 Å². The monoisotopic (exact) mass is 480 g/mol. The second-order valence-electron chi connectivity index (χ2n) is 9.14. The van der Waals surface area contributed by atoms with Gasteiger partial charge >= 0.3 is 0 Å². The molecule has 0 radical (unpaired) electrons. The minimum Gasteiger partial charge on any atom is -0.350 e. The van der Waals surface area contributed by atoms with E-state index in [9.17, 15) is 13.2 Å². The molecule has 7 heteroatoms. The third-order valence-corrected chi connectivity index (χ3v) is 6.74. The molecule has 1 amide bonds. The van der Waals surface area contributed by atoms with Gasteiger partial charge in [0.05, 0.1) is 4.90 Å². The summed E-state index contributed by atoms with van der Waals surface area (Å²) >= 11 is 0. The maximum absolute atomic E-state index is 12.9. The third-order valence-electron chi connectivity index (χ3n) is 5.81. The summed E-state index contributed by atoms with van der Waals surface area (Å²) in [5.41, 5.74) is 5.50. The minimum atomic E-state index is -3.70. The van der Waals surface area contributed by atoms with Crippen LogP contribution in [0, 0.1) is 0 Å². The SMILES string of the molecule is CC(C)c1cc(-c2ccccc2)cc(C(C)C)[n+]1CC(=O)NCCc1ccc(S(N)(=O)=O)cc1. The van der Waals surface area contributed by atoms with E-state index in [1.165, 1.54) is 12.1 Å². The first-order valence-corrected chi connectivity index (χ1v) is 13.1. The maximum Gasteiger partial charge on any atom is 0.286 e. The van der Waals surface area contributed by atoms with E-state index in [2.05, 4.69) is 61.8 Å². The number of rotatable bonds is 9. The van der Waals surface area contributed by atoms with Crippen LogP contribution in [-0.2, 0) is 27.8 Å². The van der Waals surface area contributed by atoms with Gasteiger partial charge in [0.1, 0.15) is 0 Å². The number of hydrogen-bond acceptors (Lipinski definition) is 3. The Morgan fingerprint density at radius 3 is 1.94 bits per heavy atom. The number of nitrogens with one attached hydrogen (secondary N) is 1. The van der Waals surface area contributed by atoms with Crippen LogP contribution in [0.2, 0.25) is 0 Å². The number of benzene rings is 2. The standard InChI is InChI=1S/C27H33N3O3S/c1-19(2)25-16-23(22-8-6-5-7-9-22)17-26(20(3)4)30(25)18-27(31)29-15-14-21-10-12-24(13-11-21)34(28,32)33/h5-13,16-17,19-20H,14-15,18H2,1-4H3,(H2-,28,29,31,32,33)/p+1. The Bertz CT molecular complexity index is 1210. The van der Waals surface area contributed by atoms with Crippen molar-refractivity contribution in [3.05, 3.63) is 83.7 Å². The predicted molar refractivity (Wildman–Crippen MR) is 135 cm³/mol. The summed E-state index contributed by atoms with van der Waals surface area (Å²) in [7, 11) is -3.70. The Hall–Kier alpha value is -3.03. The largest absolute Gasteiger partial charge is 0.350 e. The lowest BCUT2D eigenvalue weighted by Crippen LogP contribution is -2.49. The van der Waals surface area contributed by atoms with Crippen LogP contribution in [0.5, 0.6) is 0 Å². The van der Waals surface area contributed by atoms with Gasteiger partial charge in [-0.3, -0.25) is 4.79 Å². The molecule has 1 aromatic heterocycles. The lowest BCUT2D eigenvalue weighted by molar-refractivity contribution is -0.701. The lowest BCUT2D eigenvalue weighted by atomic mass is 9.97. The van der Waals surface area contributed by atoms with Gasteiger partial charge in [-0.2, -0.15) is 4.57 Å². The van der Waals surface area contributed by atoms with Crippen LogP contribution in [-0.4, -0.2) is 20.9 Å². The van der Waals surface area contributed by atoms with Gasteiger partial charge < -0.3 is 5.32 Å². The van der Waals surface area contributed by atoms with Crippen LogP contribution in [0.25, 0.3) is 11.1 Å². The predicted octanol–water partition coefficient (Wildman–Crippen LogP) is 3.89. The number of carbonyl (C=O) groups is 1. The maximum atomic E-state index is 12.9. The Balaban J connectivity index is 1.75. The van der Waals surface area contributed by atoms with Crippen LogP contribution >= 0.6 is 0 Å². The summed E-state index contributed by atoms with van der Waals surface area (Å²) in [5.74, 6) is 0.458. The highest BCUT2D eigenvalue weighted by Gasteiger charge is 2.26. The molecule has 180 valence electrons. The van der Waals surface area contributed by atoms with E-state index >= 15 is 0 Å². The first kappa shape index (κ1) is 25.6. The molecule has 3 N–H and O–H groups in total. The van der Waals surface area contributed by atoms with Gasteiger partial charge in [0.15, 0.2) is 11.4 Å². The van der Waals surface area contributed by atoms with Crippen molar-refractivity contribution < 1.29 is 17.8 Å². The number of hydrogen-bond donors (Lipinski definition) is 2. The number of amides is 1. The second kappa shape index (κ2) is 10.9. The fourth-order valence-electron chi connectivity index (χ4n) is 3.99. The molecule has 3 aromatic rings. The Morgan fingerprint density at radius 2 is 1.44 bits per heavy atom. The van der Waals surface area contributed by atoms with Crippen molar-refractivity contribution in [1.29, 1.82) is 0 Å². The van der Waals surface area contributed by atoms with Gasteiger partial charge in [-0.05, 0) is 35.2 Å². The normalized spacial score (nSPS) is 11.7. The fraction of sp³-hybridized carbons (Fsp3) is 0.333. The number of aromatic nitrogens is 1. The Labute approximate surface area is 202 Å². The quantitative estimate of drug-likeness (QED) is 0.455. The summed E-state index contributed by atoms with van der Waals surface area (Å²) in [6.45, 7) is 9.30. The van der Waals surface area contributed by atoms with Crippen LogP contribution in [0.3, 0.4) is 0 Å². The summed E-state index contributed by atoms with van der Waals surface area (Å²) in [6.07, 6.45) is 0.600. The zero-order valence-electron chi connectivity index (χ0n) is 20.3. The van der Waals surface area contributed by atoms with Crippen LogP contribution in [0.1, 0.15) is 56.5 Å². The Morgan fingerprint density at radius 1 is 0.882 bits per heavy atom. The molecule has 0 aliphatic rings. The summed E-state index contributed by atoms with van der Waals surface area (Å²) in [5, 5.41) is 8.14. The van der Waals surface area contributed by atoms with Crippen LogP contribution in [0.4, 0.5) is 0 Å². The number of nitrogens with two attached hydrogens (primary N) is 1. The van der Waals surface area contributed by atoms with Crippen LogP contribution in [0.15, 0.2) is 71.6 Å². The van der Waals surface area contributed by atoms with Gasteiger partial charge in [-0.15, -0.1) is 0 Å². The molecule has 34 heavy (non-hydrogen) atoms. The number of sulfonamides is 1. The molecule has 1 heterocycles. The molecule has 0 spiro atoms. The van der Waals surface area contributed by atoms with Crippen molar-refractivity contribution in [3.8, 4) is 11.1 Å². The minimum absolute atomic E-state index is 0.0533. The first-order chi connectivity index (χ1) is 16.1. The third kappa shape index (κ3) is 6.52. The van der Waals surface area contributed by atoms with E-state index in [0.717, 1.165) is 28.1 Å².